The van der Waals surface area contributed by atoms with E-state index in [-0.39, 0.29) is 13.2 Å². The number of carboxylic acids is 1. The third kappa shape index (κ3) is 1.24. The zero-order valence-corrected chi connectivity index (χ0v) is 8.30. The van der Waals surface area contributed by atoms with Gasteiger partial charge in [0.05, 0.1) is 18.5 Å². The fraction of sp³-hybridized carbons (Fsp3) is 0.857. The molecular weight excluding hydrogens is 196 g/mol. The molecule has 0 saturated carbocycles. The molecule has 0 amide bonds. The van der Waals surface area contributed by atoms with Gasteiger partial charge in [-0.25, -0.2) is 8.42 Å². The summed E-state index contributed by atoms with van der Waals surface area (Å²) in [5, 5.41) is 8.12. The first-order valence-corrected chi connectivity index (χ1v) is 5.44. The minimum Gasteiger partial charge on any atom is -0.480 e. The van der Waals surface area contributed by atoms with Crippen LogP contribution in [0, 0.1) is 0 Å². The van der Waals surface area contributed by atoms with Gasteiger partial charge in [0.2, 0.25) is 4.75 Å². The van der Waals surface area contributed by atoms with Gasteiger partial charge < -0.3 is 9.84 Å². The normalized spacial score (nSPS) is 21.2. The Kier molecular flexibility index (Phi) is 2.38. The molecule has 13 heavy (non-hydrogen) atoms. The highest BCUT2D eigenvalue weighted by molar-refractivity contribution is 7.94. The van der Waals surface area contributed by atoms with Gasteiger partial charge in [-0.15, -0.1) is 0 Å². The Hall–Kier alpha value is -0.620. The lowest BCUT2D eigenvalue weighted by atomic mass is 10.1. The number of hydrogen-bond donors (Lipinski definition) is 1. The molecule has 0 atom stereocenters. The molecule has 1 N–H and O–H groups in total. The molecule has 76 valence electrons. The average Bonchev–Trinajstić information content (AvgIpc) is 1.81. The van der Waals surface area contributed by atoms with E-state index in [1.807, 2.05) is 0 Å². The molecular formula is C7H12O5S. The van der Waals surface area contributed by atoms with Crippen molar-refractivity contribution in [2.75, 3.05) is 13.2 Å². The van der Waals surface area contributed by atoms with Crippen LogP contribution < -0.4 is 0 Å². The molecule has 0 unspecified atom stereocenters. The Morgan fingerprint density at radius 1 is 1.46 bits per heavy atom. The quantitative estimate of drug-likeness (QED) is 0.686. The number of aliphatic carboxylic acids is 1. The summed E-state index contributed by atoms with van der Waals surface area (Å²) >= 11 is 0. The molecule has 1 saturated heterocycles. The fourth-order valence-electron chi connectivity index (χ4n) is 1.15. The van der Waals surface area contributed by atoms with Crippen LogP contribution >= 0.6 is 0 Å². The fourth-order valence-corrected chi connectivity index (χ4v) is 2.79. The highest BCUT2D eigenvalue weighted by Crippen LogP contribution is 2.30. The molecule has 0 aromatic rings. The molecule has 0 bridgehead atoms. The molecule has 0 aromatic carbocycles. The van der Waals surface area contributed by atoms with Gasteiger partial charge in [0, 0.05) is 0 Å². The SMILES string of the molecule is CC(C)S(=O)(=O)C1(C(=O)O)COC1. The highest BCUT2D eigenvalue weighted by atomic mass is 32.2. The zero-order valence-electron chi connectivity index (χ0n) is 7.48. The summed E-state index contributed by atoms with van der Waals surface area (Å²) in [5.74, 6) is -1.31. The lowest BCUT2D eigenvalue weighted by Crippen LogP contribution is -2.63. The van der Waals surface area contributed by atoms with Gasteiger partial charge in [-0.05, 0) is 13.8 Å². The van der Waals surface area contributed by atoms with Crippen LogP contribution in [0.5, 0.6) is 0 Å². The summed E-state index contributed by atoms with van der Waals surface area (Å²) in [7, 11) is -3.63. The van der Waals surface area contributed by atoms with Crippen molar-refractivity contribution in [2.24, 2.45) is 0 Å². The van der Waals surface area contributed by atoms with Gasteiger partial charge in [0.15, 0.2) is 9.84 Å². The Morgan fingerprint density at radius 2 is 1.92 bits per heavy atom. The standard InChI is InChI=1S/C7H12O5S/c1-5(2)13(10,11)7(6(8)9)3-12-4-7/h5H,3-4H2,1-2H3,(H,8,9). The van der Waals surface area contributed by atoms with Gasteiger partial charge in [0.25, 0.3) is 0 Å². The van der Waals surface area contributed by atoms with Crippen molar-refractivity contribution in [3.8, 4) is 0 Å². The molecule has 1 rings (SSSR count). The third-order valence-electron chi connectivity index (χ3n) is 2.23. The summed E-state index contributed by atoms with van der Waals surface area (Å²) in [4.78, 5) is 10.8. The lowest BCUT2D eigenvalue weighted by Gasteiger charge is -2.37. The molecule has 0 spiro atoms. The first-order chi connectivity index (χ1) is 5.84. The van der Waals surface area contributed by atoms with Crippen molar-refractivity contribution in [3.63, 3.8) is 0 Å². The molecule has 1 aliphatic rings. The van der Waals surface area contributed by atoms with E-state index >= 15 is 0 Å². The summed E-state index contributed by atoms with van der Waals surface area (Å²) in [5.41, 5.74) is 0. The number of rotatable bonds is 3. The van der Waals surface area contributed by atoms with Crippen LogP contribution in [0.25, 0.3) is 0 Å². The monoisotopic (exact) mass is 208 g/mol. The molecule has 0 radical (unpaired) electrons. The maximum Gasteiger partial charge on any atom is 0.329 e. The molecule has 1 fully saturated rings. The van der Waals surface area contributed by atoms with Gasteiger partial charge in [-0.1, -0.05) is 0 Å². The summed E-state index contributed by atoms with van der Waals surface area (Å²) < 4.78 is 26.2. The minimum atomic E-state index is -3.63. The van der Waals surface area contributed by atoms with Crippen LogP contribution in [0.3, 0.4) is 0 Å². The molecule has 6 heteroatoms. The van der Waals surface area contributed by atoms with Crippen molar-refractivity contribution in [2.45, 2.75) is 23.8 Å². The number of ether oxygens (including phenoxy) is 1. The van der Waals surface area contributed by atoms with Gasteiger partial charge >= 0.3 is 5.97 Å². The van der Waals surface area contributed by atoms with E-state index in [0.29, 0.717) is 0 Å². The lowest BCUT2D eigenvalue weighted by molar-refractivity contribution is -0.152. The van der Waals surface area contributed by atoms with Crippen LogP contribution in [-0.4, -0.2) is 42.7 Å². The van der Waals surface area contributed by atoms with Crippen molar-refractivity contribution in [3.05, 3.63) is 0 Å². The maximum atomic E-state index is 11.6. The third-order valence-corrected chi connectivity index (χ3v) is 4.97. The Labute approximate surface area is 76.6 Å². The van der Waals surface area contributed by atoms with Crippen molar-refractivity contribution in [1.29, 1.82) is 0 Å². The van der Waals surface area contributed by atoms with Crippen LogP contribution in [0.15, 0.2) is 0 Å². The van der Waals surface area contributed by atoms with E-state index in [9.17, 15) is 13.2 Å². The van der Waals surface area contributed by atoms with Gasteiger partial charge in [-0.2, -0.15) is 0 Å². The van der Waals surface area contributed by atoms with Crippen LogP contribution in [0.4, 0.5) is 0 Å². The second kappa shape index (κ2) is 2.95. The Balaban J connectivity index is 3.10. The highest BCUT2D eigenvalue weighted by Gasteiger charge is 2.58. The first kappa shape index (κ1) is 10.5. The molecule has 0 aromatic heterocycles. The molecule has 1 aliphatic heterocycles. The summed E-state index contributed by atoms with van der Waals surface area (Å²) in [6.45, 7) is 2.47. The molecule has 1 heterocycles. The van der Waals surface area contributed by atoms with Crippen molar-refractivity contribution < 1.29 is 23.1 Å². The predicted molar refractivity (Wildman–Crippen MR) is 45.2 cm³/mol. The van der Waals surface area contributed by atoms with Crippen molar-refractivity contribution >= 4 is 15.8 Å². The topological polar surface area (TPSA) is 80.7 Å². The Bertz CT molecular complexity index is 312. The van der Waals surface area contributed by atoms with E-state index in [4.69, 9.17) is 5.11 Å². The van der Waals surface area contributed by atoms with E-state index in [1.165, 1.54) is 13.8 Å². The summed E-state index contributed by atoms with van der Waals surface area (Å²) in [6.07, 6.45) is 0. The minimum absolute atomic E-state index is 0.233. The Morgan fingerprint density at radius 3 is 2.00 bits per heavy atom. The van der Waals surface area contributed by atoms with E-state index in [1.54, 1.807) is 0 Å². The number of sulfone groups is 1. The van der Waals surface area contributed by atoms with E-state index in [0.717, 1.165) is 0 Å². The van der Waals surface area contributed by atoms with E-state index in [2.05, 4.69) is 4.74 Å². The second-order valence-electron chi connectivity index (χ2n) is 3.39. The molecule has 5 nitrogen and oxygen atoms in total. The predicted octanol–water partition coefficient (Wildman–Crippen LogP) is -0.337. The smallest absolute Gasteiger partial charge is 0.329 e. The first-order valence-electron chi connectivity index (χ1n) is 3.89. The zero-order chi connectivity index (χ0) is 10.3. The number of hydrogen-bond acceptors (Lipinski definition) is 4. The van der Waals surface area contributed by atoms with Crippen LogP contribution in [0.1, 0.15) is 13.8 Å². The van der Waals surface area contributed by atoms with Gasteiger partial charge in [-0.3, -0.25) is 4.79 Å². The number of carbonyl (C=O) groups is 1. The maximum absolute atomic E-state index is 11.6. The largest absolute Gasteiger partial charge is 0.480 e. The van der Waals surface area contributed by atoms with E-state index < -0.39 is 25.8 Å². The summed E-state index contributed by atoms with van der Waals surface area (Å²) in [6, 6.07) is 0. The van der Waals surface area contributed by atoms with Crippen LogP contribution in [0.2, 0.25) is 0 Å². The van der Waals surface area contributed by atoms with Crippen molar-refractivity contribution in [1.82, 2.24) is 0 Å². The second-order valence-corrected chi connectivity index (χ2v) is 6.20. The van der Waals surface area contributed by atoms with Gasteiger partial charge in [0.1, 0.15) is 0 Å². The molecule has 0 aliphatic carbocycles. The average molecular weight is 208 g/mol. The number of carboxylic acid groups (broad SMARTS) is 1. The van der Waals surface area contributed by atoms with Crippen LogP contribution in [-0.2, 0) is 19.4 Å².